The van der Waals surface area contributed by atoms with Crippen molar-refractivity contribution in [2.24, 2.45) is 5.92 Å². The van der Waals surface area contributed by atoms with Crippen molar-refractivity contribution >= 4 is 23.2 Å². The van der Waals surface area contributed by atoms with Crippen LogP contribution in [0.5, 0.6) is 5.75 Å². The van der Waals surface area contributed by atoms with Crippen LogP contribution in [-0.2, 0) is 6.54 Å². The predicted octanol–water partition coefficient (Wildman–Crippen LogP) is 2.95. The summed E-state index contributed by atoms with van der Waals surface area (Å²) in [6, 6.07) is 3.53. The molecule has 0 spiro atoms. The Labute approximate surface area is 117 Å². The topological polar surface area (TPSA) is 52.5 Å². The van der Waals surface area contributed by atoms with Gasteiger partial charge in [0.1, 0.15) is 5.75 Å². The van der Waals surface area contributed by atoms with Gasteiger partial charge in [0, 0.05) is 29.8 Å². The van der Waals surface area contributed by atoms with E-state index in [1.165, 1.54) is 6.07 Å². The second-order valence-electron chi connectivity index (χ2n) is 4.76. The molecule has 0 amide bonds. The van der Waals surface area contributed by atoms with Crippen LogP contribution in [0.2, 0.25) is 10.0 Å². The molecule has 2 unspecified atom stereocenters. The molecule has 3 nitrogen and oxygen atoms in total. The fourth-order valence-electron chi connectivity index (χ4n) is 2.52. The van der Waals surface area contributed by atoms with Crippen LogP contribution in [-0.4, -0.2) is 22.9 Å². The Morgan fingerprint density at radius 3 is 2.78 bits per heavy atom. The minimum absolute atomic E-state index is 0.0760. The van der Waals surface area contributed by atoms with E-state index in [9.17, 15) is 10.2 Å². The van der Waals surface area contributed by atoms with E-state index in [0.29, 0.717) is 29.1 Å². The highest BCUT2D eigenvalue weighted by molar-refractivity contribution is 6.35. The number of hydrogen-bond donors (Lipinski definition) is 3. The zero-order chi connectivity index (χ0) is 13.1. The number of phenolic OH excluding ortho intramolecular Hbond substituents is 1. The van der Waals surface area contributed by atoms with Crippen LogP contribution in [0.25, 0.3) is 0 Å². The maximum Gasteiger partial charge on any atom is 0.138 e. The number of phenols is 1. The molecule has 0 heterocycles. The molecule has 1 aliphatic rings. The zero-order valence-electron chi connectivity index (χ0n) is 10.00. The number of aliphatic hydroxyl groups excluding tert-OH is 1. The van der Waals surface area contributed by atoms with Gasteiger partial charge in [-0.25, -0.2) is 0 Å². The van der Waals surface area contributed by atoms with Gasteiger partial charge in [0.2, 0.25) is 0 Å². The summed E-state index contributed by atoms with van der Waals surface area (Å²) in [6.07, 6.45) is 3.24. The summed E-state index contributed by atoms with van der Waals surface area (Å²) < 4.78 is 0. The van der Waals surface area contributed by atoms with Gasteiger partial charge in [-0.2, -0.15) is 0 Å². The van der Waals surface area contributed by atoms with E-state index in [1.807, 2.05) is 0 Å². The Kier molecular flexibility index (Phi) is 4.73. The Bertz CT molecular complexity index is 426. The van der Waals surface area contributed by atoms with Gasteiger partial charge in [0.05, 0.1) is 5.02 Å². The number of aromatic hydroxyl groups is 1. The van der Waals surface area contributed by atoms with Gasteiger partial charge in [-0.15, -0.1) is 0 Å². The molecule has 1 aliphatic carbocycles. The third-order valence-electron chi connectivity index (χ3n) is 3.56. The third kappa shape index (κ3) is 3.09. The summed E-state index contributed by atoms with van der Waals surface area (Å²) in [5.74, 6) is 0.383. The Morgan fingerprint density at radius 2 is 2.06 bits per heavy atom. The van der Waals surface area contributed by atoms with Crippen LogP contribution in [0, 0.1) is 5.92 Å². The van der Waals surface area contributed by atoms with Crippen molar-refractivity contribution in [1.29, 1.82) is 0 Å². The second-order valence-corrected chi connectivity index (χ2v) is 5.60. The second kappa shape index (κ2) is 6.11. The summed E-state index contributed by atoms with van der Waals surface area (Å²) in [6.45, 7) is 0.716. The average Bonchev–Trinajstić information content (AvgIpc) is 2.79. The molecule has 1 aromatic carbocycles. The predicted molar refractivity (Wildman–Crippen MR) is 73.2 cm³/mol. The summed E-state index contributed by atoms with van der Waals surface area (Å²) >= 11 is 11.8. The summed E-state index contributed by atoms with van der Waals surface area (Å²) in [5, 5.41) is 23.2. The van der Waals surface area contributed by atoms with Crippen LogP contribution in [0.1, 0.15) is 24.8 Å². The SMILES string of the molecule is OCC1CCCC1NCc1cc(Cl)cc(Cl)c1O. The molecule has 1 aromatic rings. The number of aliphatic hydroxyl groups is 1. The maximum atomic E-state index is 9.84. The normalized spacial score (nSPS) is 23.5. The molecule has 100 valence electrons. The van der Waals surface area contributed by atoms with Crippen molar-refractivity contribution < 1.29 is 10.2 Å². The maximum absolute atomic E-state index is 9.84. The molecule has 18 heavy (non-hydrogen) atoms. The molecule has 5 heteroatoms. The number of halogens is 2. The Hall–Kier alpha value is -0.480. The summed E-state index contributed by atoms with van der Waals surface area (Å²) in [5.41, 5.74) is 0.691. The number of benzene rings is 1. The molecule has 0 bridgehead atoms. The van der Waals surface area contributed by atoms with Crippen LogP contribution >= 0.6 is 23.2 Å². The highest BCUT2D eigenvalue weighted by atomic mass is 35.5. The van der Waals surface area contributed by atoms with Gasteiger partial charge >= 0.3 is 0 Å². The van der Waals surface area contributed by atoms with Crippen molar-refractivity contribution in [3.05, 3.63) is 27.7 Å². The van der Waals surface area contributed by atoms with E-state index in [2.05, 4.69) is 5.32 Å². The largest absolute Gasteiger partial charge is 0.506 e. The van der Waals surface area contributed by atoms with E-state index in [-0.39, 0.29) is 17.4 Å². The summed E-state index contributed by atoms with van der Waals surface area (Å²) in [7, 11) is 0. The fraction of sp³-hybridized carbons (Fsp3) is 0.538. The molecule has 2 rings (SSSR count). The summed E-state index contributed by atoms with van der Waals surface area (Å²) in [4.78, 5) is 0. The van der Waals surface area contributed by atoms with Crippen molar-refractivity contribution in [3.8, 4) is 5.75 Å². The average molecular weight is 290 g/mol. The first-order valence-electron chi connectivity index (χ1n) is 6.13. The first kappa shape index (κ1) is 13.9. The van der Waals surface area contributed by atoms with Gasteiger partial charge in [-0.1, -0.05) is 29.6 Å². The van der Waals surface area contributed by atoms with Crippen molar-refractivity contribution in [1.82, 2.24) is 5.32 Å². The van der Waals surface area contributed by atoms with Gasteiger partial charge < -0.3 is 15.5 Å². The molecular weight excluding hydrogens is 273 g/mol. The molecule has 0 aliphatic heterocycles. The van der Waals surface area contributed by atoms with E-state index in [1.54, 1.807) is 6.07 Å². The minimum atomic E-state index is 0.0760. The van der Waals surface area contributed by atoms with Crippen LogP contribution in [0.4, 0.5) is 0 Å². The third-order valence-corrected chi connectivity index (χ3v) is 4.06. The first-order valence-corrected chi connectivity index (χ1v) is 6.88. The molecular formula is C13H17Cl2NO2. The van der Waals surface area contributed by atoms with Crippen molar-refractivity contribution in [3.63, 3.8) is 0 Å². The fourth-order valence-corrected chi connectivity index (χ4v) is 3.05. The molecule has 0 aromatic heterocycles. The van der Waals surface area contributed by atoms with Crippen LogP contribution < -0.4 is 5.32 Å². The Morgan fingerprint density at radius 1 is 1.28 bits per heavy atom. The quantitative estimate of drug-likeness (QED) is 0.799. The highest BCUT2D eigenvalue weighted by Crippen LogP contribution is 2.32. The van der Waals surface area contributed by atoms with Gasteiger partial charge in [-0.3, -0.25) is 0 Å². The number of rotatable bonds is 4. The van der Waals surface area contributed by atoms with Gasteiger partial charge in [0.15, 0.2) is 0 Å². The van der Waals surface area contributed by atoms with Crippen molar-refractivity contribution in [2.45, 2.75) is 31.8 Å². The number of nitrogens with one attached hydrogen (secondary N) is 1. The van der Waals surface area contributed by atoms with E-state index < -0.39 is 0 Å². The monoisotopic (exact) mass is 289 g/mol. The molecule has 0 saturated heterocycles. The van der Waals surface area contributed by atoms with Crippen LogP contribution in [0.3, 0.4) is 0 Å². The molecule has 3 N–H and O–H groups in total. The molecule has 2 atom stereocenters. The van der Waals surface area contributed by atoms with E-state index >= 15 is 0 Å². The standard InChI is InChI=1S/C13H17Cl2NO2/c14-10-4-9(13(18)11(15)5-10)6-16-12-3-1-2-8(12)7-17/h4-5,8,12,16-18H,1-3,6-7H2. The Balaban J connectivity index is 2.02. The highest BCUT2D eigenvalue weighted by Gasteiger charge is 2.26. The molecule has 1 fully saturated rings. The lowest BCUT2D eigenvalue weighted by Gasteiger charge is -2.19. The zero-order valence-corrected chi connectivity index (χ0v) is 11.5. The van der Waals surface area contributed by atoms with E-state index in [0.717, 1.165) is 19.3 Å². The van der Waals surface area contributed by atoms with Crippen LogP contribution in [0.15, 0.2) is 12.1 Å². The number of hydrogen-bond acceptors (Lipinski definition) is 3. The lowest BCUT2D eigenvalue weighted by Crippen LogP contribution is -2.33. The van der Waals surface area contributed by atoms with Crippen molar-refractivity contribution in [2.75, 3.05) is 6.61 Å². The van der Waals surface area contributed by atoms with Gasteiger partial charge in [0.25, 0.3) is 0 Å². The lowest BCUT2D eigenvalue weighted by atomic mass is 10.0. The first-order chi connectivity index (χ1) is 8.61. The lowest BCUT2D eigenvalue weighted by molar-refractivity contribution is 0.205. The minimum Gasteiger partial charge on any atom is -0.506 e. The smallest absolute Gasteiger partial charge is 0.138 e. The van der Waals surface area contributed by atoms with E-state index in [4.69, 9.17) is 23.2 Å². The van der Waals surface area contributed by atoms with Gasteiger partial charge in [-0.05, 0) is 30.9 Å². The molecule has 1 saturated carbocycles. The molecule has 0 radical (unpaired) electrons.